The second-order valence-corrected chi connectivity index (χ2v) is 7.86. The number of hydrogen-bond acceptors (Lipinski definition) is 5. The van der Waals surface area contributed by atoms with Gasteiger partial charge < -0.3 is 10.8 Å². The molecule has 0 radical (unpaired) electrons. The molecule has 0 aliphatic carbocycles. The molecule has 2 atom stereocenters. The fourth-order valence-electron chi connectivity index (χ4n) is 2.37. The standard InChI is InChI=1S/C13H15F2N3O4S/c1-12(8-5-7(16)3-4-9(8)14)6-23(21,22)13(2,15)10(18-12)17-11(19)20/h3-5H,6,16H2,1-2H3,(H,17,18)(H,19,20)/t12-,13+/m0/s1. The number of nitrogens with two attached hydrogens (primary N) is 1. The maximum Gasteiger partial charge on any atom is 0.410 e. The Morgan fingerprint density at radius 1 is 1.43 bits per heavy atom. The van der Waals surface area contributed by atoms with Crippen LogP contribution < -0.4 is 11.1 Å². The van der Waals surface area contributed by atoms with Crippen LogP contribution in [0, 0.1) is 5.82 Å². The Morgan fingerprint density at radius 2 is 2.04 bits per heavy atom. The highest BCUT2D eigenvalue weighted by atomic mass is 32.2. The van der Waals surface area contributed by atoms with Gasteiger partial charge in [-0.2, -0.15) is 0 Å². The third-order valence-corrected chi connectivity index (χ3v) is 5.94. The van der Waals surface area contributed by atoms with Crippen LogP contribution >= 0.6 is 0 Å². The molecule has 1 aromatic rings. The first kappa shape index (κ1) is 17.1. The molecule has 2 rings (SSSR count). The van der Waals surface area contributed by atoms with Gasteiger partial charge in [-0.25, -0.2) is 22.0 Å². The van der Waals surface area contributed by atoms with Gasteiger partial charge >= 0.3 is 6.09 Å². The highest BCUT2D eigenvalue weighted by molar-refractivity contribution is 7.93. The van der Waals surface area contributed by atoms with Crippen molar-refractivity contribution in [3.8, 4) is 0 Å². The zero-order chi connectivity index (χ0) is 17.6. The number of sulfone groups is 1. The predicted octanol–water partition coefficient (Wildman–Crippen LogP) is 1.40. The minimum atomic E-state index is -4.47. The summed E-state index contributed by atoms with van der Waals surface area (Å²) in [4.78, 5) is 14.6. The van der Waals surface area contributed by atoms with Gasteiger partial charge in [-0.05, 0) is 32.0 Å². The third kappa shape index (κ3) is 2.85. The largest absolute Gasteiger partial charge is 0.465 e. The number of halogens is 2. The Balaban J connectivity index is 2.71. The van der Waals surface area contributed by atoms with Gasteiger partial charge in [0.2, 0.25) is 0 Å². The van der Waals surface area contributed by atoms with Crippen molar-refractivity contribution < 1.29 is 27.1 Å². The normalized spacial score (nSPS) is 29.7. The topological polar surface area (TPSA) is 122 Å². The monoisotopic (exact) mass is 347 g/mol. The summed E-state index contributed by atoms with van der Waals surface area (Å²) in [5.74, 6) is -2.53. The summed E-state index contributed by atoms with van der Waals surface area (Å²) in [6.45, 7) is 1.95. The van der Waals surface area contributed by atoms with Crippen LogP contribution in [0.25, 0.3) is 0 Å². The van der Waals surface area contributed by atoms with Crippen LogP contribution in [0.4, 0.5) is 19.3 Å². The summed E-state index contributed by atoms with van der Waals surface area (Å²) in [6.07, 6.45) is -1.68. The van der Waals surface area contributed by atoms with Crippen LogP contribution in [-0.4, -0.2) is 36.2 Å². The maximum atomic E-state index is 14.5. The highest BCUT2D eigenvalue weighted by Crippen LogP contribution is 2.39. The zero-order valence-corrected chi connectivity index (χ0v) is 13.1. The van der Waals surface area contributed by atoms with Crippen molar-refractivity contribution in [3.63, 3.8) is 0 Å². The van der Waals surface area contributed by atoms with Gasteiger partial charge in [-0.3, -0.25) is 10.3 Å². The molecule has 0 unspecified atom stereocenters. The van der Waals surface area contributed by atoms with E-state index in [2.05, 4.69) is 4.99 Å². The second kappa shape index (κ2) is 5.15. The van der Waals surface area contributed by atoms with E-state index in [4.69, 9.17) is 10.8 Å². The van der Waals surface area contributed by atoms with Crippen molar-refractivity contribution in [2.45, 2.75) is 24.4 Å². The lowest BCUT2D eigenvalue weighted by Crippen LogP contribution is -2.56. The molecule has 0 spiro atoms. The number of nitrogens with one attached hydrogen (secondary N) is 1. The minimum Gasteiger partial charge on any atom is -0.465 e. The fourth-order valence-corrected chi connectivity index (χ4v) is 3.99. The lowest BCUT2D eigenvalue weighted by Gasteiger charge is -2.36. The number of anilines is 1. The SMILES string of the molecule is C[C@]1(F)C(NC(=O)O)=N[C@](C)(c2cc(N)ccc2F)CS1(=O)=O. The number of amidine groups is 1. The Morgan fingerprint density at radius 3 is 2.61 bits per heavy atom. The van der Waals surface area contributed by atoms with Crippen molar-refractivity contribution in [2.24, 2.45) is 4.99 Å². The van der Waals surface area contributed by atoms with E-state index < -0.39 is 43.9 Å². The van der Waals surface area contributed by atoms with Gasteiger partial charge in [0.05, 0.1) is 5.75 Å². The fraction of sp³-hybridized carbons (Fsp3) is 0.385. The number of carboxylic acid groups (broad SMARTS) is 1. The van der Waals surface area contributed by atoms with Gasteiger partial charge in [0, 0.05) is 11.3 Å². The van der Waals surface area contributed by atoms with Crippen LogP contribution in [0.5, 0.6) is 0 Å². The maximum absolute atomic E-state index is 14.5. The summed E-state index contributed by atoms with van der Waals surface area (Å²) < 4.78 is 53.1. The highest BCUT2D eigenvalue weighted by Gasteiger charge is 2.54. The average Bonchev–Trinajstić information content (AvgIpc) is 2.38. The molecule has 0 saturated heterocycles. The lowest BCUT2D eigenvalue weighted by molar-refractivity contribution is 0.198. The zero-order valence-electron chi connectivity index (χ0n) is 12.3. The molecule has 0 bridgehead atoms. The number of alkyl halides is 1. The Kier molecular flexibility index (Phi) is 3.84. The number of carbonyl (C=O) groups is 1. The summed E-state index contributed by atoms with van der Waals surface area (Å²) in [7, 11) is -4.47. The van der Waals surface area contributed by atoms with E-state index in [1.165, 1.54) is 19.1 Å². The summed E-state index contributed by atoms with van der Waals surface area (Å²) in [5.41, 5.74) is 3.86. The van der Waals surface area contributed by atoms with E-state index in [0.717, 1.165) is 6.07 Å². The molecule has 1 heterocycles. The van der Waals surface area contributed by atoms with Crippen LogP contribution in [0.1, 0.15) is 19.4 Å². The van der Waals surface area contributed by atoms with Gasteiger partial charge in [0.1, 0.15) is 11.4 Å². The number of amides is 1. The van der Waals surface area contributed by atoms with E-state index in [0.29, 0.717) is 6.92 Å². The molecule has 1 aliphatic rings. The first-order valence-corrected chi connectivity index (χ1v) is 8.11. The lowest BCUT2D eigenvalue weighted by atomic mass is 9.93. The average molecular weight is 347 g/mol. The molecule has 126 valence electrons. The van der Waals surface area contributed by atoms with E-state index in [9.17, 15) is 22.0 Å². The molecule has 1 amide bonds. The second-order valence-electron chi connectivity index (χ2n) is 5.58. The Labute approximate surface area is 131 Å². The van der Waals surface area contributed by atoms with Gasteiger partial charge in [0.25, 0.3) is 5.00 Å². The van der Waals surface area contributed by atoms with Crippen molar-refractivity contribution in [1.29, 1.82) is 0 Å². The first-order valence-electron chi connectivity index (χ1n) is 6.46. The quantitative estimate of drug-likeness (QED) is 0.663. The van der Waals surface area contributed by atoms with Crippen molar-refractivity contribution >= 4 is 27.5 Å². The van der Waals surface area contributed by atoms with Gasteiger partial charge in [0.15, 0.2) is 15.7 Å². The number of rotatable bonds is 1. The molecule has 23 heavy (non-hydrogen) atoms. The van der Waals surface area contributed by atoms with E-state index in [1.54, 1.807) is 5.32 Å². The van der Waals surface area contributed by atoms with Gasteiger partial charge in [-0.1, -0.05) is 0 Å². The molecule has 4 N–H and O–H groups in total. The van der Waals surface area contributed by atoms with E-state index in [1.807, 2.05) is 0 Å². The Bertz CT molecular complexity index is 807. The summed E-state index contributed by atoms with van der Waals surface area (Å²) in [5, 5.41) is 7.38. The van der Waals surface area contributed by atoms with Crippen LogP contribution in [0.2, 0.25) is 0 Å². The summed E-state index contributed by atoms with van der Waals surface area (Å²) >= 11 is 0. The smallest absolute Gasteiger partial charge is 0.410 e. The molecule has 7 nitrogen and oxygen atoms in total. The molecule has 1 aliphatic heterocycles. The van der Waals surface area contributed by atoms with Gasteiger partial charge in [-0.15, -0.1) is 0 Å². The molecule has 10 heteroatoms. The van der Waals surface area contributed by atoms with Crippen LogP contribution in [0.3, 0.4) is 0 Å². The number of aliphatic imine (C=N–C) groups is 1. The number of nitrogen functional groups attached to an aromatic ring is 1. The molecule has 0 fully saturated rings. The number of benzene rings is 1. The van der Waals surface area contributed by atoms with E-state index in [-0.39, 0.29) is 11.3 Å². The Hall–Kier alpha value is -2.23. The van der Waals surface area contributed by atoms with Crippen LogP contribution in [-0.2, 0) is 15.4 Å². The molecule has 0 saturated carbocycles. The van der Waals surface area contributed by atoms with E-state index >= 15 is 0 Å². The molecule has 0 aromatic heterocycles. The molecule has 1 aromatic carbocycles. The first-order chi connectivity index (χ1) is 10.4. The van der Waals surface area contributed by atoms with Crippen molar-refractivity contribution in [1.82, 2.24) is 5.32 Å². The predicted molar refractivity (Wildman–Crippen MR) is 80.1 cm³/mol. The van der Waals surface area contributed by atoms with Crippen molar-refractivity contribution in [2.75, 3.05) is 11.5 Å². The molecular formula is C13H15F2N3O4S. The number of hydrogen-bond donors (Lipinski definition) is 3. The number of nitrogens with zero attached hydrogens (tertiary/aromatic N) is 1. The minimum absolute atomic E-state index is 0.163. The third-order valence-electron chi connectivity index (χ3n) is 3.63. The van der Waals surface area contributed by atoms with Crippen molar-refractivity contribution in [3.05, 3.63) is 29.6 Å². The van der Waals surface area contributed by atoms with Crippen LogP contribution in [0.15, 0.2) is 23.2 Å². The molecular weight excluding hydrogens is 332 g/mol. The summed E-state index contributed by atoms with van der Waals surface area (Å²) in [6, 6.07) is 3.50.